The largest absolute Gasteiger partial charge is 0.476 e. The molecule has 1 unspecified atom stereocenters. The Bertz CT molecular complexity index is 671. The predicted octanol–water partition coefficient (Wildman–Crippen LogP) is 1.62. The molecule has 2 aromatic rings. The van der Waals surface area contributed by atoms with E-state index >= 15 is 0 Å². The van der Waals surface area contributed by atoms with Gasteiger partial charge in [0.2, 0.25) is 5.91 Å². The van der Waals surface area contributed by atoms with Crippen LogP contribution >= 0.6 is 15.9 Å². The summed E-state index contributed by atoms with van der Waals surface area (Å²) in [4.78, 5) is 22.6. The van der Waals surface area contributed by atoms with E-state index in [-0.39, 0.29) is 24.2 Å². The molecule has 2 rings (SSSR count). The highest BCUT2D eigenvalue weighted by Crippen LogP contribution is 2.17. The first-order valence-electron chi connectivity index (χ1n) is 6.14. The maximum absolute atomic E-state index is 11.9. The Hall–Kier alpha value is -2.22. The van der Waals surface area contributed by atoms with Crippen LogP contribution in [0.5, 0.6) is 0 Å². The van der Waals surface area contributed by atoms with Crippen LogP contribution < -0.4 is 5.32 Å². The van der Waals surface area contributed by atoms with Crippen molar-refractivity contribution in [3.8, 4) is 0 Å². The van der Waals surface area contributed by atoms with Crippen LogP contribution in [0.25, 0.3) is 0 Å². The van der Waals surface area contributed by atoms with E-state index < -0.39 is 5.97 Å². The predicted molar refractivity (Wildman–Crippen MR) is 77.7 cm³/mol. The average molecular weight is 353 g/mol. The van der Waals surface area contributed by atoms with E-state index in [1.807, 2.05) is 31.2 Å². The molecule has 0 saturated heterocycles. The molecule has 0 aliphatic carbocycles. The van der Waals surface area contributed by atoms with E-state index in [1.165, 1.54) is 10.9 Å². The van der Waals surface area contributed by atoms with Gasteiger partial charge in [-0.3, -0.25) is 4.79 Å². The third-order valence-electron chi connectivity index (χ3n) is 2.79. The van der Waals surface area contributed by atoms with Crippen LogP contribution in [0.1, 0.15) is 29.0 Å². The van der Waals surface area contributed by atoms with Crippen molar-refractivity contribution in [2.75, 3.05) is 0 Å². The van der Waals surface area contributed by atoms with Crippen LogP contribution in [0.4, 0.5) is 0 Å². The number of carbonyl (C=O) groups is 2. The highest BCUT2D eigenvalue weighted by Gasteiger charge is 2.13. The second-order valence-electron chi connectivity index (χ2n) is 4.45. The van der Waals surface area contributed by atoms with E-state index in [0.717, 1.165) is 10.0 Å². The molecule has 1 amide bonds. The number of amides is 1. The maximum atomic E-state index is 11.9. The van der Waals surface area contributed by atoms with Gasteiger partial charge in [0.1, 0.15) is 6.54 Å². The van der Waals surface area contributed by atoms with Gasteiger partial charge < -0.3 is 10.4 Å². The Balaban J connectivity index is 1.96. The molecule has 21 heavy (non-hydrogen) atoms. The molecule has 0 saturated carbocycles. The number of carbonyl (C=O) groups excluding carboxylic acids is 1. The van der Waals surface area contributed by atoms with Gasteiger partial charge in [0.15, 0.2) is 5.69 Å². The molecule has 110 valence electrons. The zero-order valence-electron chi connectivity index (χ0n) is 11.2. The van der Waals surface area contributed by atoms with Crippen molar-refractivity contribution < 1.29 is 14.7 Å². The van der Waals surface area contributed by atoms with Gasteiger partial charge in [0.05, 0.1) is 12.2 Å². The number of aromatic nitrogens is 3. The number of carboxylic acid groups (broad SMARTS) is 1. The molecule has 1 aromatic heterocycles. The van der Waals surface area contributed by atoms with Crippen molar-refractivity contribution >= 4 is 27.8 Å². The van der Waals surface area contributed by atoms with Crippen molar-refractivity contribution in [2.24, 2.45) is 0 Å². The molecule has 1 atom stereocenters. The second-order valence-corrected chi connectivity index (χ2v) is 5.37. The minimum Gasteiger partial charge on any atom is -0.476 e. The number of rotatable bonds is 5. The minimum absolute atomic E-state index is 0.0847. The SMILES string of the molecule is CC(NC(=O)Cn1cc(C(=O)O)nn1)c1cccc(Br)c1. The van der Waals surface area contributed by atoms with Crippen LogP contribution in [0.3, 0.4) is 0 Å². The summed E-state index contributed by atoms with van der Waals surface area (Å²) in [5.41, 5.74) is 0.769. The minimum atomic E-state index is -1.18. The number of halogens is 1. The number of nitrogens with one attached hydrogen (secondary N) is 1. The number of carboxylic acids is 1. The summed E-state index contributed by atoms with van der Waals surface area (Å²) in [5.74, 6) is -1.45. The summed E-state index contributed by atoms with van der Waals surface area (Å²) >= 11 is 3.38. The quantitative estimate of drug-likeness (QED) is 0.851. The summed E-state index contributed by atoms with van der Waals surface area (Å²) < 4.78 is 2.12. The molecule has 2 N–H and O–H groups in total. The highest BCUT2D eigenvalue weighted by molar-refractivity contribution is 9.10. The zero-order chi connectivity index (χ0) is 15.4. The number of hydrogen-bond donors (Lipinski definition) is 2. The smallest absolute Gasteiger partial charge is 0.358 e. The van der Waals surface area contributed by atoms with Crippen molar-refractivity contribution in [2.45, 2.75) is 19.5 Å². The third kappa shape index (κ3) is 4.12. The maximum Gasteiger partial charge on any atom is 0.358 e. The van der Waals surface area contributed by atoms with E-state index in [1.54, 1.807) is 0 Å². The van der Waals surface area contributed by atoms with Crippen molar-refractivity contribution in [1.29, 1.82) is 0 Å². The van der Waals surface area contributed by atoms with Gasteiger partial charge in [-0.1, -0.05) is 33.3 Å². The normalized spacial score (nSPS) is 11.9. The molecule has 1 aromatic carbocycles. The van der Waals surface area contributed by atoms with Gasteiger partial charge in [-0.15, -0.1) is 5.10 Å². The van der Waals surface area contributed by atoms with Crippen molar-refractivity contribution in [1.82, 2.24) is 20.3 Å². The number of hydrogen-bond acceptors (Lipinski definition) is 4. The summed E-state index contributed by atoms with van der Waals surface area (Å²) in [6.45, 7) is 1.78. The van der Waals surface area contributed by atoms with Gasteiger partial charge in [0, 0.05) is 4.47 Å². The lowest BCUT2D eigenvalue weighted by atomic mass is 10.1. The lowest BCUT2D eigenvalue weighted by Gasteiger charge is -2.14. The van der Waals surface area contributed by atoms with Crippen LogP contribution in [0.15, 0.2) is 34.9 Å². The fourth-order valence-electron chi connectivity index (χ4n) is 1.77. The van der Waals surface area contributed by atoms with Crippen molar-refractivity contribution in [3.05, 3.63) is 46.2 Å². The second kappa shape index (κ2) is 6.49. The van der Waals surface area contributed by atoms with E-state index in [0.29, 0.717) is 0 Å². The van der Waals surface area contributed by atoms with E-state index in [9.17, 15) is 9.59 Å². The molecule has 7 nitrogen and oxygen atoms in total. The Morgan fingerprint density at radius 2 is 2.24 bits per heavy atom. The first kappa shape index (κ1) is 15.2. The molecule has 0 bridgehead atoms. The molecule has 0 aliphatic heterocycles. The Morgan fingerprint density at radius 1 is 1.48 bits per heavy atom. The molecular formula is C13H13BrN4O3. The Kier molecular flexibility index (Phi) is 4.69. The summed E-state index contributed by atoms with van der Waals surface area (Å²) in [7, 11) is 0. The molecule has 8 heteroatoms. The summed E-state index contributed by atoms with van der Waals surface area (Å²) in [6, 6.07) is 7.45. The fraction of sp³-hybridized carbons (Fsp3) is 0.231. The van der Waals surface area contributed by atoms with Crippen LogP contribution in [0.2, 0.25) is 0 Å². The fourth-order valence-corrected chi connectivity index (χ4v) is 2.18. The standard InChI is InChI=1S/C13H13BrN4O3/c1-8(9-3-2-4-10(14)5-9)15-12(19)7-18-6-11(13(20)21)16-17-18/h2-6,8H,7H2,1H3,(H,15,19)(H,20,21). The van der Waals surface area contributed by atoms with Gasteiger partial charge in [-0.05, 0) is 24.6 Å². The number of benzene rings is 1. The highest BCUT2D eigenvalue weighted by atomic mass is 79.9. The molecule has 0 radical (unpaired) electrons. The first-order chi connectivity index (χ1) is 9.95. The summed E-state index contributed by atoms with van der Waals surface area (Å²) in [6.07, 6.45) is 1.21. The molecular weight excluding hydrogens is 340 g/mol. The zero-order valence-corrected chi connectivity index (χ0v) is 12.7. The van der Waals surface area contributed by atoms with E-state index in [2.05, 4.69) is 31.6 Å². The Labute approximate surface area is 129 Å². The topological polar surface area (TPSA) is 97.1 Å². The average Bonchev–Trinajstić information content (AvgIpc) is 2.87. The Morgan fingerprint density at radius 3 is 2.86 bits per heavy atom. The number of nitrogens with zero attached hydrogens (tertiary/aromatic N) is 3. The summed E-state index contributed by atoms with van der Waals surface area (Å²) in [5, 5.41) is 18.6. The molecule has 1 heterocycles. The molecule has 0 fully saturated rings. The lowest BCUT2D eigenvalue weighted by molar-refractivity contribution is -0.122. The van der Waals surface area contributed by atoms with Gasteiger partial charge >= 0.3 is 5.97 Å². The van der Waals surface area contributed by atoms with Gasteiger partial charge in [-0.25, -0.2) is 9.48 Å². The van der Waals surface area contributed by atoms with Gasteiger partial charge in [0.25, 0.3) is 0 Å². The monoisotopic (exact) mass is 352 g/mol. The third-order valence-corrected chi connectivity index (χ3v) is 3.28. The van der Waals surface area contributed by atoms with Crippen molar-refractivity contribution in [3.63, 3.8) is 0 Å². The molecule has 0 spiro atoms. The molecule has 0 aliphatic rings. The lowest BCUT2D eigenvalue weighted by Crippen LogP contribution is -2.30. The van der Waals surface area contributed by atoms with Crippen LogP contribution in [0, 0.1) is 0 Å². The van der Waals surface area contributed by atoms with E-state index in [4.69, 9.17) is 5.11 Å². The van der Waals surface area contributed by atoms with Crippen LogP contribution in [-0.4, -0.2) is 32.0 Å². The van der Waals surface area contributed by atoms with Gasteiger partial charge in [-0.2, -0.15) is 0 Å². The number of aromatic carboxylic acids is 1. The van der Waals surface area contributed by atoms with Crippen LogP contribution in [-0.2, 0) is 11.3 Å². The first-order valence-corrected chi connectivity index (χ1v) is 6.93.